The maximum Gasteiger partial charge on any atom is 0.0978 e. The zero-order valence-electron chi connectivity index (χ0n) is 9.28. The fourth-order valence-corrected chi connectivity index (χ4v) is 2.62. The van der Waals surface area contributed by atoms with Gasteiger partial charge in [0.1, 0.15) is 0 Å². The van der Waals surface area contributed by atoms with Crippen molar-refractivity contribution in [3.63, 3.8) is 0 Å². The third-order valence-electron chi connectivity index (χ3n) is 3.69. The summed E-state index contributed by atoms with van der Waals surface area (Å²) >= 11 is 0. The Kier molecular flexibility index (Phi) is 3.32. The molecule has 3 heteroatoms. The van der Waals surface area contributed by atoms with Crippen LogP contribution in [-0.2, 0) is 4.74 Å². The first kappa shape index (κ1) is 11.0. The van der Waals surface area contributed by atoms with Gasteiger partial charge in [0.15, 0.2) is 0 Å². The number of hydrogen-bond acceptors (Lipinski definition) is 3. The summed E-state index contributed by atoms with van der Waals surface area (Å²) in [7, 11) is 0. The van der Waals surface area contributed by atoms with Crippen molar-refractivity contribution in [2.45, 2.75) is 38.7 Å². The van der Waals surface area contributed by atoms with Gasteiger partial charge in [0.25, 0.3) is 0 Å². The number of ether oxygens (including phenoxy) is 1. The summed E-state index contributed by atoms with van der Waals surface area (Å²) in [6, 6.07) is 0. The summed E-state index contributed by atoms with van der Waals surface area (Å²) in [4.78, 5) is 0. The Bertz CT molecular complexity index is 256. The predicted octanol–water partition coefficient (Wildman–Crippen LogP) is 1.45. The summed E-state index contributed by atoms with van der Waals surface area (Å²) in [5, 5.41) is 19.3. The van der Waals surface area contributed by atoms with E-state index in [0.717, 1.165) is 37.0 Å². The lowest BCUT2D eigenvalue weighted by Crippen LogP contribution is -2.33. The average molecular weight is 212 g/mol. The maximum atomic E-state index is 10.2. The molecule has 0 fully saturated rings. The Hall–Kier alpha value is -0.540. The Labute approximate surface area is 90.8 Å². The molecule has 1 heterocycles. The van der Waals surface area contributed by atoms with Crippen LogP contribution in [0.3, 0.4) is 0 Å². The van der Waals surface area contributed by atoms with Gasteiger partial charge in [-0.3, -0.25) is 0 Å². The van der Waals surface area contributed by atoms with E-state index in [1.807, 2.05) is 0 Å². The quantitative estimate of drug-likeness (QED) is 0.728. The molecule has 1 aliphatic carbocycles. The van der Waals surface area contributed by atoms with Crippen LogP contribution in [0.25, 0.3) is 0 Å². The Morgan fingerprint density at radius 3 is 2.93 bits per heavy atom. The minimum Gasteiger partial charge on any atom is -0.497 e. The molecular weight excluding hydrogens is 192 g/mol. The van der Waals surface area contributed by atoms with Crippen LogP contribution in [0.5, 0.6) is 0 Å². The van der Waals surface area contributed by atoms with E-state index >= 15 is 0 Å². The van der Waals surface area contributed by atoms with Crippen LogP contribution in [0.2, 0.25) is 0 Å². The number of allylic oxidation sites excluding steroid dienone is 1. The second-order valence-corrected chi connectivity index (χ2v) is 4.66. The minimum absolute atomic E-state index is 0.153. The van der Waals surface area contributed by atoms with Crippen molar-refractivity contribution >= 4 is 0 Å². The van der Waals surface area contributed by atoms with Crippen LogP contribution in [0.1, 0.15) is 32.6 Å². The van der Waals surface area contributed by atoms with Crippen LogP contribution in [0.4, 0.5) is 0 Å². The largest absolute Gasteiger partial charge is 0.497 e. The molecule has 0 aromatic heterocycles. The van der Waals surface area contributed by atoms with E-state index in [4.69, 9.17) is 9.84 Å². The molecule has 1 aliphatic heterocycles. The van der Waals surface area contributed by atoms with Gasteiger partial charge in [-0.15, -0.1) is 0 Å². The summed E-state index contributed by atoms with van der Waals surface area (Å²) in [6.45, 7) is 2.88. The van der Waals surface area contributed by atoms with Crippen LogP contribution in [0.15, 0.2) is 11.3 Å². The van der Waals surface area contributed by atoms with Gasteiger partial charge in [0.05, 0.1) is 18.5 Å². The predicted molar refractivity (Wildman–Crippen MR) is 57.2 cm³/mol. The van der Waals surface area contributed by atoms with Crippen molar-refractivity contribution < 1.29 is 14.9 Å². The highest BCUT2D eigenvalue weighted by atomic mass is 16.5. The normalized spacial score (nSPS) is 36.1. The number of rotatable bonds is 2. The van der Waals surface area contributed by atoms with E-state index in [1.54, 1.807) is 0 Å². The van der Waals surface area contributed by atoms with Crippen LogP contribution in [0, 0.1) is 11.8 Å². The molecule has 3 unspecified atom stereocenters. The van der Waals surface area contributed by atoms with E-state index < -0.39 is 0 Å². The fourth-order valence-electron chi connectivity index (χ4n) is 2.62. The van der Waals surface area contributed by atoms with Gasteiger partial charge < -0.3 is 14.9 Å². The van der Waals surface area contributed by atoms with E-state index in [1.165, 1.54) is 0 Å². The second-order valence-electron chi connectivity index (χ2n) is 4.66. The SMILES string of the molecule is CCC1CCC2=C(CC(CO)CO2)C1O. The monoisotopic (exact) mass is 212 g/mol. The smallest absolute Gasteiger partial charge is 0.0978 e. The molecule has 0 spiro atoms. The lowest BCUT2D eigenvalue weighted by atomic mass is 9.79. The summed E-state index contributed by atoms with van der Waals surface area (Å²) in [6.07, 6.45) is 3.47. The Morgan fingerprint density at radius 1 is 1.47 bits per heavy atom. The van der Waals surface area contributed by atoms with E-state index in [0.29, 0.717) is 12.5 Å². The Morgan fingerprint density at radius 2 is 2.27 bits per heavy atom. The summed E-state index contributed by atoms with van der Waals surface area (Å²) in [5.41, 5.74) is 1.05. The lowest BCUT2D eigenvalue weighted by Gasteiger charge is -2.36. The van der Waals surface area contributed by atoms with Gasteiger partial charge in [0.2, 0.25) is 0 Å². The average Bonchev–Trinajstić information content (AvgIpc) is 2.29. The van der Waals surface area contributed by atoms with E-state index in [-0.39, 0.29) is 18.6 Å². The van der Waals surface area contributed by atoms with Crippen molar-refractivity contribution in [1.29, 1.82) is 0 Å². The van der Waals surface area contributed by atoms with Crippen LogP contribution in [-0.4, -0.2) is 29.5 Å². The molecule has 0 bridgehead atoms. The van der Waals surface area contributed by atoms with Gasteiger partial charge >= 0.3 is 0 Å². The maximum absolute atomic E-state index is 10.2. The van der Waals surface area contributed by atoms with Gasteiger partial charge in [-0.25, -0.2) is 0 Å². The summed E-state index contributed by atoms with van der Waals surface area (Å²) in [5.74, 6) is 1.55. The third kappa shape index (κ3) is 2.04. The van der Waals surface area contributed by atoms with Crippen molar-refractivity contribution in [2.75, 3.05) is 13.2 Å². The molecule has 3 nitrogen and oxygen atoms in total. The molecule has 86 valence electrons. The number of hydrogen-bond donors (Lipinski definition) is 2. The van der Waals surface area contributed by atoms with Crippen LogP contribution >= 0.6 is 0 Å². The van der Waals surface area contributed by atoms with Crippen molar-refractivity contribution in [3.8, 4) is 0 Å². The van der Waals surface area contributed by atoms with Crippen molar-refractivity contribution in [1.82, 2.24) is 0 Å². The van der Waals surface area contributed by atoms with Gasteiger partial charge in [-0.2, -0.15) is 0 Å². The molecule has 15 heavy (non-hydrogen) atoms. The first-order chi connectivity index (χ1) is 7.26. The molecular formula is C12H20O3. The number of aliphatic hydroxyl groups is 2. The molecule has 0 amide bonds. The second kappa shape index (κ2) is 4.54. The number of aliphatic hydroxyl groups excluding tert-OH is 2. The fraction of sp³-hybridized carbons (Fsp3) is 0.833. The minimum atomic E-state index is -0.340. The molecule has 3 atom stereocenters. The van der Waals surface area contributed by atoms with Gasteiger partial charge in [-0.05, 0) is 24.3 Å². The first-order valence-corrected chi connectivity index (χ1v) is 5.89. The molecule has 2 N–H and O–H groups in total. The highest BCUT2D eigenvalue weighted by Crippen LogP contribution is 2.38. The van der Waals surface area contributed by atoms with Crippen LogP contribution < -0.4 is 0 Å². The molecule has 0 aromatic carbocycles. The summed E-state index contributed by atoms with van der Waals surface area (Å²) < 4.78 is 5.61. The standard InChI is InChI=1S/C12H20O3/c1-2-9-3-4-11-10(12(9)14)5-8(6-13)7-15-11/h8-9,12-14H,2-7H2,1H3. The van der Waals surface area contributed by atoms with Gasteiger partial charge in [0, 0.05) is 18.9 Å². The van der Waals surface area contributed by atoms with E-state index in [9.17, 15) is 5.11 Å². The highest BCUT2D eigenvalue weighted by molar-refractivity contribution is 5.21. The van der Waals surface area contributed by atoms with Gasteiger partial charge in [-0.1, -0.05) is 13.3 Å². The molecule has 0 aromatic rings. The van der Waals surface area contributed by atoms with E-state index in [2.05, 4.69) is 6.92 Å². The molecule has 0 saturated carbocycles. The Balaban J connectivity index is 2.13. The third-order valence-corrected chi connectivity index (χ3v) is 3.69. The molecule has 0 radical (unpaired) electrons. The zero-order valence-corrected chi connectivity index (χ0v) is 9.28. The molecule has 2 rings (SSSR count). The van der Waals surface area contributed by atoms with Crippen molar-refractivity contribution in [2.24, 2.45) is 11.8 Å². The zero-order chi connectivity index (χ0) is 10.8. The highest BCUT2D eigenvalue weighted by Gasteiger charge is 2.33. The topological polar surface area (TPSA) is 49.7 Å². The molecule has 0 saturated heterocycles. The first-order valence-electron chi connectivity index (χ1n) is 5.89. The van der Waals surface area contributed by atoms with Crippen molar-refractivity contribution in [3.05, 3.63) is 11.3 Å². The molecule has 2 aliphatic rings. The lowest BCUT2D eigenvalue weighted by molar-refractivity contribution is 0.0424.